The van der Waals surface area contributed by atoms with E-state index in [1.807, 2.05) is 0 Å². The Kier molecular flexibility index (Phi) is 11.1. The van der Waals surface area contributed by atoms with Gasteiger partial charge in [0, 0.05) is 32.4 Å². The zero-order valence-corrected chi connectivity index (χ0v) is 13.7. The summed E-state index contributed by atoms with van der Waals surface area (Å²) in [6, 6.07) is 0.418. The second-order valence-corrected chi connectivity index (χ2v) is 5.84. The number of ether oxygens (including phenoxy) is 3. The molecule has 126 valence electrons. The number of unbranched alkanes of at least 4 members (excludes halogenated alkanes) is 1. The van der Waals surface area contributed by atoms with Gasteiger partial charge < -0.3 is 24.6 Å². The minimum Gasteiger partial charge on any atom is -0.389 e. The Hall–Kier alpha value is -0.200. The van der Waals surface area contributed by atoms with Crippen LogP contribution in [0, 0.1) is 5.92 Å². The van der Waals surface area contributed by atoms with E-state index < -0.39 is 6.10 Å². The summed E-state index contributed by atoms with van der Waals surface area (Å²) in [5.41, 5.74) is 0. The fourth-order valence-corrected chi connectivity index (χ4v) is 2.45. The molecule has 2 atom stereocenters. The molecule has 1 heterocycles. The SMILES string of the molecule is CCCCOCCOCC(O)CNC(C)C1CCOCC1. The molecule has 21 heavy (non-hydrogen) atoms. The van der Waals surface area contributed by atoms with Crippen LogP contribution in [0.4, 0.5) is 0 Å². The van der Waals surface area contributed by atoms with Crippen LogP contribution >= 0.6 is 0 Å². The number of aliphatic hydroxyl groups is 1. The molecule has 0 bridgehead atoms. The van der Waals surface area contributed by atoms with Crippen LogP contribution in [-0.4, -0.2) is 63.4 Å². The van der Waals surface area contributed by atoms with Gasteiger partial charge in [0.05, 0.1) is 25.9 Å². The number of rotatable bonds is 12. The van der Waals surface area contributed by atoms with Crippen molar-refractivity contribution in [3.63, 3.8) is 0 Å². The number of hydrogen-bond acceptors (Lipinski definition) is 5. The smallest absolute Gasteiger partial charge is 0.0897 e. The van der Waals surface area contributed by atoms with Gasteiger partial charge in [-0.15, -0.1) is 0 Å². The van der Waals surface area contributed by atoms with Gasteiger partial charge in [0.2, 0.25) is 0 Å². The van der Waals surface area contributed by atoms with E-state index in [2.05, 4.69) is 19.2 Å². The summed E-state index contributed by atoms with van der Waals surface area (Å²) in [6.07, 6.45) is 4.00. The fourth-order valence-electron chi connectivity index (χ4n) is 2.45. The zero-order valence-electron chi connectivity index (χ0n) is 13.7. The normalized spacial score (nSPS) is 19.6. The molecule has 0 aromatic rings. The van der Waals surface area contributed by atoms with E-state index in [1.165, 1.54) is 0 Å². The first-order chi connectivity index (χ1) is 10.2. The molecular formula is C16H33NO4. The topological polar surface area (TPSA) is 60.0 Å². The van der Waals surface area contributed by atoms with Crippen molar-refractivity contribution < 1.29 is 19.3 Å². The van der Waals surface area contributed by atoms with Crippen LogP contribution in [0.3, 0.4) is 0 Å². The van der Waals surface area contributed by atoms with Crippen molar-refractivity contribution in [2.45, 2.75) is 51.7 Å². The van der Waals surface area contributed by atoms with Crippen LogP contribution in [0.25, 0.3) is 0 Å². The summed E-state index contributed by atoms with van der Waals surface area (Å²) in [5.74, 6) is 0.652. The molecule has 1 rings (SSSR count). The molecule has 0 radical (unpaired) electrons. The predicted octanol–water partition coefficient (Wildman–Crippen LogP) is 1.59. The largest absolute Gasteiger partial charge is 0.389 e. The van der Waals surface area contributed by atoms with Gasteiger partial charge in [-0.1, -0.05) is 13.3 Å². The molecule has 1 aliphatic heterocycles. The fraction of sp³-hybridized carbons (Fsp3) is 1.00. The quantitative estimate of drug-likeness (QED) is 0.536. The average Bonchev–Trinajstić information content (AvgIpc) is 2.52. The molecule has 0 saturated carbocycles. The van der Waals surface area contributed by atoms with Crippen LogP contribution < -0.4 is 5.32 Å². The third-order valence-electron chi connectivity index (χ3n) is 3.97. The monoisotopic (exact) mass is 303 g/mol. The second kappa shape index (κ2) is 12.4. The molecule has 5 nitrogen and oxygen atoms in total. The standard InChI is InChI=1S/C16H33NO4/c1-3-4-7-19-10-11-21-13-16(18)12-17-14(2)15-5-8-20-9-6-15/h14-18H,3-13H2,1-2H3. The van der Waals surface area contributed by atoms with Gasteiger partial charge in [-0.05, 0) is 32.1 Å². The Balaban J connectivity index is 1.94. The molecule has 1 fully saturated rings. The number of aliphatic hydroxyl groups excluding tert-OH is 1. The summed E-state index contributed by atoms with van der Waals surface area (Å²) in [7, 11) is 0. The Morgan fingerprint density at radius 1 is 1.19 bits per heavy atom. The molecule has 2 N–H and O–H groups in total. The minimum atomic E-state index is -0.456. The molecule has 5 heteroatoms. The Morgan fingerprint density at radius 2 is 1.90 bits per heavy atom. The van der Waals surface area contributed by atoms with Crippen molar-refractivity contribution in [3.05, 3.63) is 0 Å². The molecular weight excluding hydrogens is 270 g/mol. The average molecular weight is 303 g/mol. The lowest BCUT2D eigenvalue weighted by Gasteiger charge is -2.29. The van der Waals surface area contributed by atoms with Crippen LogP contribution in [0.15, 0.2) is 0 Å². The van der Waals surface area contributed by atoms with E-state index in [4.69, 9.17) is 14.2 Å². The molecule has 0 amide bonds. The van der Waals surface area contributed by atoms with Crippen LogP contribution in [0.1, 0.15) is 39.5 Å². The minimum absolute atomic E-state index is 0.366. The first-order valence-electron chi connectivity index (χ1n) is 8.38. The van der Waals surface area contributed by atoms with Gasteiger partial charge in [-0.2, -0.15) is 0 Å². The highest BCUT2D eigenvalue weighted by molar-refractivity contribution is 4.75. The van der Waals surface area contributed by atoms with E-state index in [9.17, 15) is 5.11 Å². The summed E-state index contributed by atoms with van der Waals surface area (Å²) >= 11 is 0. The molecule has 1 saturated heterocycles. The Labute approximate surface area is 129 Å². The molecule has 0 aliphatic carbocycles. The van der Waals surface area contributed by atoms with Gasteiger partial charge in [0.15, 0.2) is 0 Å². The first kappa shape index (κ1) is 18.8. The van der Waals surface area contributed by atoms with Crippen LogP contribution in [0.5, 0.6) is 0 Å². The molecule has 0 aromatic heterocycles. The lowest BCUT2D eigenvalue weighted by Crippen LogP contribution is -2.41. The third kappa shape index (κ3) is 9.42. The maximum Gasteiger partial charge on any atom is 0.0897 e. The lowest BCUT2D eigenvalue weighted by molar-refractivity contribution is 0.00146. The van der Waals surface area contributed by atoms with Crippen molar-refractivity contribution in [2.24, 2.45) is 5.92 Å². The van der Waals surface area contributed by atoms with Crippen LogP contribution in [0.2, 0.25) is 0 Å². The highest BCUT2D eigenvalue weighted by atomic mass is 16.5. The summed E-state index contributed by atoms with van der Waals surface area (Å²) in [6.45, 7) is 8.96. The Morgan fingerprint density at radius 3 is 2.62 bits per heavy atom. The molecule has 0 aromatic carbocycles. The van der Waals surface area contributed by atoms with Crippen molar-refractivity contribution in [1.29, 1.82) is 0 Å². The molecule has 2 unspecified atom stereocenters. The third-order valence-corrected chi connectivity index (χ3v) is 3.97. The maximum atomic E-state index is 9.88. The second-order valence-electron chi connectivity index (χ2n) is 5.84. The van der Waals surface area contributed by atoms with Crippen molar-refractivity contribution >= 4 is 0 Å². The number of hydrogen-bond donors (Lipinski definition) is 2. The van der Waals surface area contributed by atoms with E-state index in [0.717, 1.165) is 45.5 Å². The van der Waals surface area contributed by atoms with E-state index in [-0.39, 0.29) is 0 Å². The van der Waals surface area contributed by atoms with Gasteiger partial charge in [-0.25, -0.2) is 0 Å². The van der Waals surface area contributed by atoms with E-state index in [1.54, 1.807) is 0 Å². The van der Waals surface area contributed by atoms with Crippen LogP contribution in [-0.2, 0) is 14.2 Å². The van der Waals surface area contributed by atoms with Crippen molar-refractivity contribution in [3.8, 4) is 0 Å². The summed E-state index contributed by atoms with van der Waals surface area (Å²) in [4.78, 5) is 0. The van der Waals surface area contributed by atoms with Gasteiger partial charge in [-0.3, -0.25) is 0 Å². The molecule has 0 spiro atoms. The zero-order chi connectivity index (χ0) is 15.3. The number of nitrogens with one attached hydrogen (secondary N) is 1. The van der Waals surface area contributed by atoms with Crippen molar-refractivity contribution in [1.82, 2.24) is 5.32 Å². The van der Waals surface area contributed by atoms with Gasteiger partial charge in [0.1, 0.15) is 0 Å². The maximum absolute atomic E-state index is 9.88. The first-order valence-corrected chi connectivity index (χ1v) is 8.38. The highest BCUT2D eigenvalue weighted by Gasteiger charge is 2.20. The van der Waals surface area contributed by atoms with Gasteiger partial charge >= 0.3 is 0 Å². The van der Waals surface area contributed by atoms with E-state index >= 15 is 0 Å². The Bertz CT molecular complexity index is 234. The lowest BCUT2D eigenvalue weighted by atomic mass is 9.93. The van der Waals surface area contributed by atoms with Gasteiger partial charge in [0.25, 0.3) is 0 Å². The molecule has 1 aliphatic rings. The summed E-state index contributed by atoms with van der Waals surface area (Å²) < 4.78 is 16.2. The summed E-state index contributed by atoms with van der Waals surface area (Å²) in [5, 5.41) is 13.3. The van der Waals surface area contributed by atoms with Crippen molar-refractivity contribution in [2.75, 3.05) is 46.2 Å². The predicted molar refractivity (Wildman–Crippen MR) is 83.6 cm³/mol. The highest BCUT2D eigenvalue weighted by Crippen LogP contribution is 2.18. The van der Waals surface area contributed by atoms with E-state index in [0.29, 0.717) is 38.3 Å².